The lowest BCUT2D eigenvalue weighted by atomic mass is 9.81. The van der Waals surface area contributed by atoms with Crippen LogP contribution in [0, 0.1) is 5.92 Å². The fraction of sp³-hybridized carbons (Fsp3) is 0.474. The number of likely N-dealkylation sites (N-methyl/N-ethyl adjacent to an activating group) is 1. The second kappa shape index (κ2) is 7.77. The monoisotopic (exact) mass is 373 g/mol. The molecule has 3 N–H and O–H groups in total. The molecule has 2 aliphatic heterocycles. The standard InChI is InChI=1S/C19H23N3O5/c1-22-17-11(5-4-6-13(17)20-10-3-2-7-15(24)25)16(19(22)27)12-8-9-14(23)21-18(12)26/h4-6,12,16,20H,2-3,7-10H2,1H3,(H,24,25)(H,21,23,26). The van der Waals surface area contributed by atoms with Gasteiger partial charge in [0.25, 0.3) is 0 Å². The van der Waals surface area contributed by atoms with Crippen LogP contribution >= 0.6 is 0 Å². The zero-order valence-corrected chi connectivity index (χ0v) is 15.2. The van der Waals surface area contributed by atoms with E-state index < -0.39 is 23.7 Å². The van der Waals surface area contributed by atoms with E-state index in [4.69, 9.17) is 5.11 Å². The number of hydrogen-bond donors (Lipinski definition) is 3. The highest BCUT2D eigenvalue weighted by atomic mass is 16.4. The second-order valence-corrected chi connectivity index (χ2v) is 6.95. The molecule has 1 aromatic rings. The SMILES string of the molecule is CN1C(=O)C(C2CCC(=O)NC2=O)c2cccc(NCCCCC(=O)O)c21. The first-order valence-corrected chi connectivity index (χ1v) is 9.10. The summed E-state index contributed by atoms with van der Waals surface area (Å²) in [4.78, 5) is 48.7. The van der Waals surface area contributed by atoms with Crippen molar-refractivity contribution in [2.75, 3.05) is 23.8 Å². The Labute approximate surface area is 156 Å². The van der Waals surface area contributed by atoms with E-state index in [1.54, 1.807) is 11.9 Å². The van der Waals surface area contributed by atoms with Crippen LogP contribution in [0.3, 0.4) is 0 Å². The van der Waals surface area contributed by atoms with Crippen LogP contribution in [0.2, 0.25) is 0 Å². The molecule has 144 valence electrons. The van der Waals surface area contributed by atoms with Crippen molar-refractivity contribution in [1.29, 1.82) is 0 Å². The maximum atomic E-state index is 12.9. The van der Waals surface area contributed by atoms with Crippen molar-refractivity contribution in [3.8, 4) is 0 Å². The maximum Gasteiger partial charge on any atom is 0.303 e. The molecule has 3 rings (SSSR count). The molecule has 0 saturated carbocycles. The van der Waals surface area contributed by atoms with Gasteiger partial charge < -0.3 is 15.3 Å². The minimum atomic E-state index is -0.812. The van der Waals surface area contributed by atoms with Crippen LogP contribution in [0.1, 0.15) is 43.6 Å². The van der Waals surface area contributed by atoms with E-state index in [1.165, 1.54) is 0 Å². The van der Waals surface area contributed by atoms with Crippen molar-refractivity contribution in [2.45, 2.75) is 38.0 Å². The van der Waals surface area contributed by atoms with Gasteiger partial charge in [-0.2, -0.15) is 0 Å². The quantitative estimate of drug-likeness (QED) is 0.492. The molecule has 0 aliphatic carbocycles. The zero-order valence-electron chi connectivity index (χ0n) is 15.2. The van der Waals surface area contributed by atoms with Crippen LogP contribution in [-0.2, 0) is 19.2 Å². The number of anilines is 2. The molecule has 0 spiro atoms. The molecule has 2 heterocycles. The van der Waals surface area contributed by atoms with Crippen molar-refractivity contribution < 1.29 is 24.3 Å². The number of carbonyl (C=O) groups is 4. The highest BCUT2D eigenvalue weighted by Crippen LogP contribution is 2.46. The summed E-state index contributed by atoms with van der Waals surface area (Å²) >= 11 is 0. The molecule has 3 amide bonds. The summed E-state index contributed by atoms with van der Waals surface area (Å²) in [6.07, 6.45) is 2.00. The number of nitrogens with zero attached hydrogens (tertiary/aromatic N) is 1. The Kier molecular flexibility index (Phi) is 5.43. The summed E-state index contributed by atoms with van der Waals surface area (Å²) in [6, 6.07) is 5.55. The summed E-state index contributed by atoms with van der Waals surface area (Å²) in [7, 11) is 1.68. The third-order valence-electron chi connectivity index (χ3n) is 5.15. The fourth-order valence-corrected chi connectivity index (χ4v) is 3.82. The Hall–Kier alpha value is -2.90. The van der Waals surface area contributed by atoms with Crippen molar-refractivity contribution >= 4 is 35.1 Å². The molecular weight excluding hydrogens is 350 g/mol. The molecule has 27 heavy (non-hydrogen) atoms. The number of benzene rings is 1. The highest BCUT2D eigenvalue weighted by molar-refractivity contribution is 6.11. The molecule has 0 aromatic heterocycles. The van der Waals surface area contributed by atoms with Crippen LogP contribution in [-0.4, -0.2) is 42.4 Å². The highest BCUT2D eigenvalue weighted by Gasteiger charge is 2.45. The summed E-state index contributed by atoms with van der Waals surface area (Å²) in [5.41, 5.74) is 2.32. The predicted molar refractivity (Wildman–Crippen MR) is 98.4 cm³/mol. The summed E-state index contributed by atoms with van der Waals surface area (Å²) in [5, 5.41) is 14.3. The van der Waals surface area contributed by atoms with Crippen molar-refractivity contribution in [3.05, 3.63) is 23.8 Å². The van der Waals surface area contributed by atoms with Crippen LogP contribution in [0.5, 0.6) is 0 Å². The van der Waals surface area contributed by atoms with Gasteiger partial charge in [0.1, 0.15) is 0 Å². The average molecular weight is 373 g/mol. The van der Waals surface area contributed by atoms with E-state index in [9.17, 15) is 19.2 Å². The topological polar surface area (TPSA) is 116 Å². The fourth-order valence-electron chi connectivity index (χ4n) is 3.82. The Morgan fingerprint density at radius 2 is 2.07 bits per heavy atom. The van der Waals surface area contributed by atoms with E-state index in [2.05, 4.69) is 10.6 Å². The Morgan fingerprint density at radius 1 is 1.30 bits per heavy atom. The van der Waals surface area contributed by atoms with Crippen molar-refractivity contribution in [2.24, 2.45) is 5.92 Å². The van der Waals surface area contributed by atoms with E-state index >= 15 is 0 Å². The number of carboxylic acid groups (broad SMARTS) is 1. The van der Waals surface area contributed by atoms with Crippen molar-refractivity contribution in [3.63, 3.8) is 0 Å². The molecule has 1 saturated heterocycles. The number of rotatable bonds is 7. The average Bonchev–Trinajstić information content (AvgIpc) is 2.87. The molecule has 0 bridgehead atoms. The number of hydrogen-bond acceptors (Lipinski definition) is 5. The molecule has 2 unspecified atom stereocenters. The number of amides is 3. The maximum absolute atomic E-state index is 12.9. The van der Waals surface area contributed by atoms with Gasteiger partial charge in [-0.25, -0.2) is 0 Å². The number of imide groups is 1. The summed E-state index contributed by atoms with van der Waals surface area (Å²) < 4.78 is 0. The number of para-hydroxylation sites is 1. The number of unbranched alkanes of at least 4 members (excludes halogenated alkanes) is 1. The smallest absolute Gasteiger partial charge is 0.303 e. The van der Waals surface area contributed by atoms with Crippen LogP contribution in [0.4, 0.5) is 11.4 Å². The Morgan fingerprint density at radius 3 is 2.78 bits per heavy atom. The number of carboxylic acids is 1. The largest absolute Gasteiger partial charge is 0.481 e. The first kappa shape index (κ1) is 18.9. The first-order valence-electron chi connectivity index (χ1n) is 9.10. The van der Waals surface area contributed by atoms with E-state index in [0.717, 1.165) is 16.9 Å². The van der Waals surface area contributed by atoms with Gasteiger partial charge in [0.2, 0.25) is 17.7 Å². The Bertz CT molecular complexity index is 792. The van der Waals surface area contributed by atoms with Gasteiger partial charge >= 0.3 is 5.97 Å². The predicted octanol–water partition coefficient (Wildman–Crippen LogP) is 1.47. The van der Waals surface area contributed by atoms with Crippen LogP contribution < -0.4 is 15.5 Å². The third-order valence-corrected chi connectivity index (χ3v) is 5.15. The van der Waals surface area contributed by atoms with Gasteiger partial charge in [0.15, 0.2) is 0 Å². The minimum absolute atomic E-state index is 0.130. The molecule has 2 aliphatic rings. The van der Waals surface area contributed by atoms with E-state index in [-0.39, 0.29) is 24.7 Å². The van der Waals surface area contributed by atoms with Gasteiger partial charge in [0.05, 0.1) is 23.2 Å². The van der Waals surface area contributed by atoms with Gasteiger partial charge in [-0.15, -0.1) is 0 Å². The lowest BCUT2D eigenvalue weighted by Gasteiger charge is -2.25. The summed E-state index contributed by atoms with van der Waals surface area (Å²) in [5.74, 6) is -2.80. The number of fused-ring (bicyclic) bond motifs is 1. The Balaban J connectivity index is 1.77. The van der Waals surface area contributed by atoms with Crippen LogP contribution in [0.15, 0.2) is 18.2 Å². The number of piperidine rings is 1. The third kappa shape index (κ3) is 3.79. The molecule has 0 radical (unpaired) electrons. The van der Waals surface area contributed by atoms with Gasteiger partial charge in [-0.1, -0.05) is 12.1 Å². The lowest BCUT2D eigenvalue weighted by molar-refractivity contribution is -0.139. The summed E-state index contributed by atoms with van der Waals surface area (Å²) in [6.45, 7) is 0.592. The van der Waals surface area contributed by atoms with Gasteiger partial charge in [-0.05, 0) is 30.9 Å². The minimum Gasteiger partial charge on any atom is -0.481 e. The molecule has 2 atom stereocenters. The van der Waals surface area contributed by atoms with Crippen LogP contribution in [0.25, 0.3) is 0 Å². The number of aliphatic carboxylic acids is 1. The normalized spacial score (nSPS) is 21.8. The second-order valence-electron chi connectivity index (χ2n) is 6.95. The zero-order chi connectivity index (χ0) is 19.6. The first-order chi connectivity index (χ1) is 12.9. The van der Waals surface area contributed by atoms with E-state index in [1.807, 2.05) is 18.2 Å². The number of carbonyl (C=O) groups excluding carboxylic acids is 3. The van der Waals surface area contributed by atoms with Crippen molar-refractivity contribution in [1.82, 2.24) is 5.32 Å². The molecular formula is C19H23N3O5. The van der Waals surface area contributed by atoms with Gasteiger partial charge in [-0.3, -0.25) is 24.5 Å². The molecule has 1 aromatic carbocycles. The van der Waals surface area contributed by atoms with Gasteiger partial charge in [0, 0.05) is 26.4 Å². The molecule has 1 fully saturated rings. The number of nitrogens with one attached hydrogen (secondary N) is 2. The van der Waals surface area contributed by atoms with E-state index in [0.29, 0.717) is 25.8 Å². The molecule has 8 heteroatoms. The lowest BCUT2D eigenvalue weighted by Crippen LogP contribution is -2.44. The molecule has 8 nitrogen and oxygen atoms in total.